The van der Waals surface area contributed by atoms with E-state index < -0.39 is 18.2 Å². The predicted octanol–water partition coefficient (Wildman–Crippen LogP) is 6.23. The molecule has 0 radical (unpaired) electrons. The van der Waals surface area contributed by atoms with Crippen LogP contribution in [0.25, 0.3) is 11.1 Å². The van der Waals surface area contributed by atoms with Gasteiger partial charge < -0.3 is 25.5 Å². The monoisotopic (exact) mass is 584 g/mol. The summed E-state index contributed by atoms with van der Waals surface area (Å²) >= 11 is 0. The summed E-state index contributed by atoms with van der Waals surface area (Å²) in [5.74, 6) is -1.29. The lowest BCUT2D eigenvalue weighted by Crippen LogP contribution is -2.42. The maximum absolute atomic E-state index is 11.3. The number of allylic oxidation sites excluding steroid dienone is 4. The van der Waals surface area contributed by atoms with Crippen molar-refractivity contribution < 1.29 is 29.7 Å². The van der Waals surface area contributed by atoms with Crippen molar-refractivity contribution in [1.82, 2.24) is 10.2 Å². The second-order valence-electron chi connectivity index (χ2n) is 8.63. The summed E-state index contributed by atoms with van der Waals surface area (Å²) in [6.07, 6.45) is 9.78. The SMILES string of the molecule is C/C=C\C=C/CC.CC.CC.CC(O)C(O)C(=O)N1CCCC1.O=CNCc1ccc(-c2ccccc2C(=O)O)cc1. The Morgan fingerprint density at radius 2 is 1.52 bits per heavy atom. The highest BCUT2D eigenvalue weighted by Gasteiger charge is 2.27. The number of likely N-dealkylation sites (tertiary alicyclic amines) is 1. The van der Waals surface area contributed by atoms with Crippen LogP contribution in [0.1, 0.15) is 83.7 Å². The van der Waals surface area contributed by atoms with Crippen LogP contribution in [0.15, 0.2) is 72.8 Å². The molecule has 2 aromatic rings. The van der Waals surface area contributed by atoms with Crippen molar-refractivity contribution in [2.24, 2.45) is 0 Å². The van der Waals surface area contributed by atoms with Crippen molar-refractivity contribution in [1.29, 1.82) is 0 Å². The fourth-order valence-electron chi connectivity index (χ4n) is 3.54. The zero-order chi connectivity index (χ0) is 32.3. The molecule has 8 nitrogen and oxygen atoms in total. The minimum atomic E-state index is -1.25. The van der Waals surface area contributed by atoms with E-state index in [0.717, 1.165) is 30.4 Å². The number of amides is 2. The lowest BCUT2D eigenvalue weighted by atomic mass is 9.99. The molecule has 1 fully saturated rings. The summed E-state index contributed by atoms with van der Waals surface area (Å²) < 4.78 is 0. The van der Waals surface area contributed by atoms with Crippen LogP contribution in [-0.2, 0) is 16.1 Å². The summed E-state index contributed by atoms with van der Waals surface area (Å²) in [5, 5.41) is 29.9. The van der Waals surface area contributed by atoms with Gasteiger partial charge in [0.2, 0.25) is 6.41 Å². The second kappa shape index (κ2) is 26.2. The Morgan fingerprint density at radius 1 is 0.952 bits per heavy atom. The highest BCUT2D eigenvalue weighted by Crippen LogP contribution is 2.24. The molecule has 8 heteroatoms. The third kappa shape index (κ3) is 16.5. The number of aliphatic hydroxyl groups is 2. The van der Waals surface area contributed by atoms with Crippen molar-refractivity contribution in [3.05, 3.63) is 84.0 Å². The smallest absolute Gasteiger partial charge is 0.336 e. The first-order valence-corrected chi connectivity index (χ1v) is 14.8. The van der Waals surface area contributed by atoms with Crippen LogP contribution in [0.5, 0.6) is 0 Å². The molecule has 2 atom stereocenters. The van der Waals surface area contributed by atoms with Crippen molar-refractivity contribution in [2.75, 3.05) is 13.1 Å². The van der Waals surface area contributed by atoms with Gasteiger partial charge in [-0.05, 0) is 55.9 Å². The molecule has 1 aliphatic rings. The van der Waals surface area contributed by atoms with Crippen molar-refractivity contribution >= 4 is 18.3 Å². The van der Waals surface area contributed by atoms with Crippen LogP contribution >= 0.6 is 0 Å². The molecule has 1 aliphatic heterocycles. The summed E-state index contributed by atoms with van der Waals surface area (Å²) in [6, 6.07) is 14.3. The molecule has 2 aromatic carbocycles. The van der Waals surface area contributed by atoms with Gasteiger partial charge >= 0.3 is 5.97 Å². The van der Waals surface area contributed by atoms with Gasteiger partial charge in [0.05, 0.1) is 11.7 Å². The molecular formula is C34H52N2O6. The van der Waals surface area contributed by atoms with Gasteiger partial charge in [-0.2, -0.15) is 0 Å². The Kier molecular flexibility index (Phi) is 25.2. The van der Waals surface area contributed by atoms with E-state index in [2.05, 4.69) is 24.4 Å². The maximum Gasteiger partial charge on any atom is 0.336 e. The van der Waals surface area contributed by atoms with Crippen LogP contribution < -0.4 is 5.32 Å². The molecule has 2 unspecified atom stereocenters. The summed E-state index contributed by atoms with van der Waals surface area (Å²) in [5.41, 5.74) is 2.77. The minimum absolute atomic E-state index is 0.279. The van der Waals surface area contributed by atoms with E-state index >= 15 is 0 Å². The number of carbonyl (C=O) groups excluding carboxylic acids is 2. The van der Waals surface area contributed by atoms with Crippen LogP contribution in [0.2, 0.25) is 0 Å². The fourth-order valence-corrected chi connectivity index (χ4v) is 3.54. The Hall–Kier alpha value is -3.75. The number of nitrogens with one attached hydrogen (secondary N) is 1. The molecule has 2 amide bonds. The minimum Gasteiger partial charge on any atom is -0.478 e. The number of nitrogens with zero attached hydrogens (tertiary/aromatic N) is 1. The first-order valence-electron chi connectivity index (χ1n) is 14.8. The van der Waals surface area contributed by atoms with E-state index in [1.54, 1.807) is 23.1 Å². The van der Waals surface area contributed by atoms with Gasteiger partial charge in [-0.15, -0.1) is 0 Å². The quantitative estimate of drug-likeness (QED) is 0.204. The summed E-state index contributed by atoms with van der Waals surface area (Å²) in [4.78, 5) is 34.3. The number of carboxylic acids is 1. The third-order valence-electron chi connectivity index (χ3n) is 5.61. The number of carbonyl (C=O) groups is 3. The lowest BCUT2D eigenvalue weighted by Gasteiger charge is -2.20. The van der Waals surface area contributed by atoms with Crippen molar-refractivity contribution in [2.45, 2.75) is 86.5 Å². The molecule has 3 rings (SSSR count). The lowest BCUT2D eigenvalue weighted by molar-refractivity contribution is -0.144. The number of aliphatic hydroxyl groups excluding tert-OH is 2. The van der Waals surface area contributed by atoms with E-state index in [1.165, 1.54) is 6.92 Å². The molecule has 1 saturated heterocycles. The fraction of sp³-hybridized carbons (Fsp3) is 0.441. The largest absolute Gasteiger partial charge is 0.478 e. The zero-order valence-electron chi connectivity index (χ0n) is 26.4. The Morgan fingerprint density at radius 3 is 2.00 bits per heavy atom. The third-order valence-corrected chi connectivity index (χ3v) is 5.61. The average molecular weight is 585 g/mol. The van der Waals surface area contributed by atoms with Gasteiger partial charge in [-0.25, -0.2) is 4.79 Å². The zero-order valence-corrected chi connectivity index (χ0v) is 26.4. The molecule has 0 aromatic heterocycles. The van der Waals surface area contributed by atoms with E-state index in [-0.39, 0.29) is 11.5 Å². The molecule has 0 saturated carbocycles. The molecule has 0 spiro atoms. The normalized spacial score (nSPS) is 13.1. The van der Waals surface area contributed by atoms with Gasteiger partial charge in [-0.1, -0.05) is 101 Å². The number of hydrogen-bond donors (Lipinski definition) is 4. The molecule has 4 N–H and O–H groups in total. The molecule has 234 valence electrons. The molecular weight excluding hydrogens is 532 g/mol. The molecule has 1 heterocycles. The van der Waals surface area contributed by atoms with E-state index in [0.29, 0.717) is 31.6 Å². The molecule has 0 aliphatic carbocycles. The van der Waals surface area contributed by atoms with E-state index in [9.17, 15) is 19.5 Å². The summed E-state index contributed by atoms with van der Waals surface area (Å²) in [7, 11) is 0. The van der Waals surface area contributed by atoms with Crippen molar-refractivity contribution in [3.8, 4) is 11.1 Å². The van der Waals surface area contributed by atoms with Crippen LogP contribution in [0, 0.1) is 0 Å². The first kappa shape index (κ1) is 40.4. The van der Waals surface area contributed by atoms with E-state index in [1.807, 2.05) is 77.1 Å². The number of aromatic carboxylic acids is 1. The highest BCUT2D eigenvalue weighted by molar-refractivity contribution is 5.96. The van der Waals surface area contributed by atoms with Crippen LogP contribution in [0.4, 0.5) is 0 Å². The number of benzene rings is 2. The Bertz CT molecular complexity index is 1040. The van der Waals surface area contributed by atoms with Gasteiger partial charge in [0.1, 0.15) is 0 Å². The van der Waals surface area contributed by atoms with Gasteiger partial charge in [-0.3, -0.25) is 9.59 Å². The van der Waals surface area contributed by atoms with Gasteiger partial charge in [0.25, 0.3) is 5.91 Å². The van der Waals surface area contributed by atoms with Gasteiger partial charge in [0, 0.05) is 19.6 Å². The number of hydrogen-bond acceptors (Lipinski definition) is 5. The molecule has 42 heavy (non-hydrogen) atoms. The van der Waals surface area contributed by atoms with Crippen LogP contribution in [-0.4, -0.2) is 63.8 Å². The second-order valence-corrected chi connectivity index (χ2v) is 8.63. The van der Waals surface area contributed by atoms with E-state index in [4.69, 9.17) is 10.2 Å². The topological polar surface area (TPSA) is 127 Å². The first-order chi connectivity index (χ1) is 20.3. The standard InChI is InChI=1S/C15H13NO3.C8H15NO3.C7H12.2C2H6/c17-10-16-9-11-5-7-12(8-6-11)13-3-1-2-4-14(13)15(18)19;1-6(10)7(11)8(12)9-4-2-3-5-9;1-3-5-7-6-4-2;2*1-2/h1-8,10H,9H2,(H,16,17)(H,18,19);6-7,10-11H,2-5H2,1H3;3,5-7H,4H2,1-2H3;2*1-2H3/b;;5-3-,7-6-;;. The van der Waals surface area contributed by atoms with Gasteiger partial charge in [0.15, 0.2) is 6.10 Å². The number of carboxylic acid groups (broad SMARTS) is 1. The van der Waals surface area contributed by atoms with Crippen LogP contribution in [0.3, 0.4) is 0 Å². The van der Waals surface area contributed by atoms with Crippen molar-refractivity contribution in [3.63, 3.8) is 0 Å². The highest BCUT2D eigenvalue weighted by atomic mass is 16.4. The number of rotatable bonds is 9. The molecule has 0 bridgehead atoms. The average Bonchev–Trinajstić information content (AvgIpc) is 3.58. The Labute approximate surface area is 252 Å². The Balaban J connectivity index is 0. The summed E-state index contributed by atoms with van der Waals surface area (Å²) in [6.45, 7) is 15.4. The predicted molar refractivity (Wildman–Crippen MR) is 172 cm³/mol. The maximum atomic E-state index is 11.3.